The number of aryl methyl sites for hydroxylation is 1. The molecule has 3 heteroatoms. The molecule has 0 aliphatic carbocycles. The van der Waals surface area contributed by atoms with E-state index in [2.05, 4.69) is 0 Å². The number of benzene rings is 1. The van der Waals surface area contributed by atoms with Gasteiger partial charge in [-0.15, -0.1) is 22.9 Å². The number of halogens is 2. The van der Waals surface area contributed by atoms with E-state index in [1.165, 1.54) is 0 Å². The lowest BCUT2D eigenvalue weighted by molar-refractivity contribution is 0.629. The van der Waals surface area contributed by atoms with Crippen LogP contribution in [0.1, 0.15) is 10.4 Å². The van der Waals surface area contributed by atoms with Crippen LogP contribution in [0.15, 0.2) is 18.2 Å². The fourth-order valence-corrected chi connectivity index (χ4v) is 2.60. The van der Waals surface area contributed by atoms with Gasteiger partial charge in [0.15, 0.2) is 0 Å². The summed E-state index contributed by atoms with van der Waals surface area (Å²) in [6.07, 6.45) is 0. The smallest absolute Gasteiger partial charge is 0.124 e. The number of fused-ring (bicyclic) bond motifs is 1. The fourth-order valence-electron chi connectivity index (χ4n) is 1.40. The molecule has 0 radical (unpaired) electrons. The fraction of sp³-hybridized carbons (Fsp3) is 0.200. The predicted octanol–water partition coefficient (Wildman–Crippen LogP) is 4.09. The van der Waals surface area contributed by atoms with Gasteiger partial charge in [0.2, 0.25) is 0 Å². The van der Waals surface area contributed by atoms with E-state index in [-0.39, 0.29) is 5.82 Å². The van der Waals surface area contributed by atoms with Gasteiger partial charge in [-0.3, -0.25) is 0 Å². The van der Waals surface area contributed by atoms with Crippen LogP contribution in [-0.4, -0.2) is 0 Å². The van der Waals surface area contributed by atoms with Gasteiger partial charge in [0.1, 0.15) is 5.82 Å². The molecule has 0 saturated carbocycles. The summed E-state index contributed by atoms with van der Waals surface area (Å²) in [6, 6.07) is 5.05. The van der Waals surface area contributed by atoms with E-state index in [1.54, 1.807) is 23.5 Å². The van der Waals surface area contributed by atoms with Crippen molar-refractivity contribution in [2.45, 2.75) is 12.8 Å². The van der Waals surface area contributed by atoms with E-state index in [9.17, 15) is 4.39 Å². The summed E-state index contributed by atoms with van der Waals surface area (Å²) in [5.74, 6) is 0.323. The van der Waals surface area contributed by atoms with Crippen LogP contribution < -0.4 is 0 Å². The Labute approximate surface area is 85.0 Å². The second-order valence-electron chi connectivity index (χ2n) is 2.99. The highest BCUT2D eigenvalue weighted by Gasteiger charge is 2.05. The van der Waals surface area contributed by atoms with Gasteiger partial charge in [-0.2, -0.15) is 0 Å². The minimum absolute atomic E-state index is 0.177. The molecule has 0 amide bonds. The molecular formula is C10H8ClFS. The quantitative estimate of drug-likeness (QED) is 0.628. The van der Waals surface area contributed by atoms with Crippen LogP contribution in [0.4, 0.5) is 4.39 Å². The molecule has 0 spiro atoms. The predicted molar refractivity (Wildman–Crippen MR) is 56.1 cm³/mol. The first-order valence-corrected chi connectivity index (χ1v) is 5.30. The minimum Gasteiger partial charge on any atom is -0.207 e. The zero-order valence-electron chi connectivity index (χ0n) is 7.10. The molecule has 1 aromatic heterocycles. The summed E-state index contributed by atoms with van der Waals surface area (Å²) in [7, 11) is 0. The van der Waals surface area contributed by atoms with Crippen LogP contribution in [0.2, 0.25) is 0 Å². The summed E-state index contributed by atoms with van der Waals surface area (Å²) in [5.41, 5.74) is 0.983. The third-order valence-electron chi connectivity index (χ3n) is 1.95. The minimum atomic E-state index is -0.177. The second kappa shape index (κ2) is 3.28. The standard InChI is InChI=1S/C10H8ClFS/c1-6-2-8(12)3-7-4-9(5-11)13-10(6)7/h2-4H,5H2,1H3. The van der Waals surface area contributed by atoms with Crippen LogP contribution >= 0.6 is 22.9 Å². The van der Waals surface area contributed by atoms with E-state index in [0.29, 0.717) is 5.88 Å². The molecule has 2 rings (SSSR count). The lowest BCUT2D eigenvalue weighted by atomic mass is 10.2. The summed E-state index contributed by atoms with van der Waals surface area (Å²) in [4.78, 5) is 1.09. The van der Waals surface area contributed by atoms with Crippen molar-refractivity contribution in [3.63, 3.8) is 0 Å². The normalized spacial score (nSPS) is 11.0. The third kappa shape index (κ3) is 1.56. The van der Waals surface area contributed by atoms with Crippen molar-refractivity contribution < 1.29 is 4.39 Å². The van der Waals surface area contributed by atoms with E-state index >= 15 is 0 Å². The van der Waals surface area contributed by atoms with Gasteiger partial charge in [0.05, 0.1) is 5.88 Å². The maximum Gasteiger partial charge on any atom is 0.124 e. The van der Waals surface area contributed by atoms with Gasteiger partial charge in [0, 0.05) is 9.58 Å². The highest BCUT2D eigenvalue weighted by Crippen LogP contribution is 2.30. The van der Waals surface area contributed by atoms with Crippen LogP contribution in [-0.2, 0) is 5.88 Å². The van der Waals surface area contributed by atoms with Crippen LogP contribution in [0.5, 0.6) is 0 Å². The molecule has 0 atom stereocenters. The Balaban J connectivity index is 2.75. The number of alkyl halides is 1. The number of hydrogen-bond donors (Lipinski definition) is 0. The Morgan fingerprint density at radius 3 is 2.85 bits per heavy atom. The zero-order chi connectivity index (χ0) is 9.42. The average molecular weight is 215 g/mol. The molecule has 0 unspecified atom stereocenters. The van der Waals surface area contributed by atoms with E-state index in [1.807, 2.05) is 13.0 Å². The zero-order valence-corrected chi connectivity index (χ0v) is 8.68. The molecule has 0 N–H and O–H groups in total. The third-order valence-corrected chi connectivity index (χ3v) is 3.68. The van der Waals surface area contributed by atoms with Crippen LogP contribution in [0, 0.1) is 12.7 Å². The first-order chi connectivity index (χ1) is 6.20. The Hall–Kier alpha value is -0.600. The first-order valence-electron chi connectivity index (χ1n) is 3.95. The molecule has 0 aliphatic heterocycles. The van der Waals surface area contributed by atoms with Crippen molar-refractivity contribution in [3.05, 3.63) is 34.5 Å². The van der Waals surface area contributed by atoms with Gasteiger partial charge in [0.25, 0.3) is 0 Å². The highest BCUT2D eigenvalue weighted by molar-refractivity contribution is 7.19. The van der Waals surface area contributed by atoms with E-state index in [0.717, 1.165) is 20.5 Å². The Morgan fingerprint density at radius 2 is 2.15 bits per heavy atom. The number of rotatable bonds is 1. The van der Waals surface area contributed by atoms with Crippen LogP contribution in [0.25, 0.3) is 10.1 Å². The molecular weight excluding hydrogens is 207 g/mol. The summed E-state index contributed by atoms with van der Waals surface area (Å²) in [5, 5.41) is 0.957. The molecule has 0 aliphatic rings. The van der Waals surface area contributed by atoms with E-state index in [4.69, 9.17) is 11.6 Å². The Kier molecular flexibility index (Phi) is 2.26. The molecule has 2 aromatic rings. The van der Waals surface area contributed by atoms with Gasteiger partial charge in [-0.25, -0.2) is 4.39 Å². The number of thiophene rings is 1. The van der Waals surface area contributed by atoms with Gasteiger partial charge in [-0.1, -0.05) is 0 Å². The molecule has 68 valence electrons. The monoisotopic (exact) mass is 214 g/mol. The van der Waals surface area contributed by atoms with Crippen molar-refractivity contribution in [2.75, 3.05) is 0 Å². The van der Waals surface area contributed by atoms with Crippen molar-refractivity contribution in [1.82, 2.24) is 0 Å². The summed E-state index contributed by atoms with van der Waals surface area (Å²) < 4.78 is 14.1. The molecule has 1 aromatic carbocycles. The lowest BCUT2D eigenvalue weighted by Crippen LogP contribution is -1.76. The molecule has 0 nitrogen and oxygen atoms in total. The van der Waals surface area contributed by atoms with Crippen molar-refractivity contribution in [3.8, 4) is 0 Å². The summed E-state index contributed by atoms with van der Waals surface area (Å²) in [6.45, 7) is 1.92. The Bertz CT molecular complexity index is 447. The van der Waals surface area contributed by atoms with Crippen molar-refractivity contribution in [1.29, 1.82) is 0 Å². The molecule has 13 heavy (non-hydrogen) atoms. The topological polar surface area (TPSA) is 0 Å². The first kappa shape index (κ1) is 8.97. The number of hydrogen-bond acceptors (Lipinski definition) is 1. The van der Waals surface area contributed by atoms with Gasteiger partial charge >= 0.3 is 0 Å². The average Bonchev–Trinajstić information content (AvgIpc) is 2.47. The van der Waals surface area contributed by atoms with Crippen LogP contribution in [0.3, 0.4) is 0 Å². The second-order valence-corrected chi connectivity index (χ2v) is 4.39. The molecule has 0 fully saturated rings. The molecule has 1 heterocycles. The molecule has 0 bridgehead atoms. The highest BCUT2D eigenvalue weighted by atomic mass is 35.5. The van der Waals surface area contributed by atoms with Gasteiger partial charge < -0.3 is 0 Å². The maximum absolute atomic E-state index is 13.0. The van der Waals surface area contributed by atoms with Crippen molar-refractivity contribution >= 4 is 33.0 Å². The Morgan fingerprint density at radius 1 is 1.38 bits per heavy atom. The summed E-state index contributed by atoms with van der Waals surface area (Å²) >= 11 is 7.34. The van der Waals surface area contributed by atoms with E-state index < -0.39 is 0 Å². The van der Waals surface area contributed by atoms with Crippen molar-refractivity contribution in [2.24, 2.45) is 0 Å². The SMILES string of the molecule is Cc1cc(F)cc2cc(CCl)sc12. The molecule has 0 saturated heterocycles. The lowest BCUT2D eigenvalue weighted by Gasteiger charge is -1.94. The van der Waals surface area contributed by atoms with Gasteiger partial charge in [-0.05, 0) is 36.1 Å². The maximum atomic E-state index is 13.0. The largest absolute Gasteiger partial charge is 0.207 e.